The third-order valence-corrected chi connectivity index (χ3v) is 15.3. The van der Waals surface area contributed by atoms with Crippen LogP contribution in [0.4, 0.5) is 43.9 Å². The topological polar surface area (TPSA) is 101 Å². The van der Waals surface area contributed by atoms with Crippen LogP contribution < -0.4 is 0 Å². The molecule has 0 saturated carbocycles. The van der Waals surface area contributed by atoms with Gasteiger partial charge in [0.2, 0.25) is 29.1 Å². The number of halogens is 10. The number of aromatic hydroxyl groups is 5. The first-order valence-corrected chi connectivity index (χ1v) is 30.9. The molecule has 0 aliphatic heterocycles. The van der Waals surface area contributed by atoms with E-state index in [1.807, 2.05) is 74.5 Å². The van der Waals surface area contributed by atoms with Gasteiger partial charge in [0.25, 0.3) is 0 Å². The van der Waals surface area contributed by atoms with E-state index in [1.165, 1.54) is 97.7 Å². The summed E-state index contributed by atoms with van der Waals surface area (Å²) in [5.41, 5.74) is 9.56. The highest BCUT2D eigenvalue weighted by molar-refractivity contribution is 5.69. The molecule has 0 saturated heterocycles. The summed E-state index contributed by atoms with van der Waals surface area (Å²) < 4.78 is 135. The summed E-state index contributed by atoms with van der Waals surface area (Å²) >= 11 is 0. The SMILES string of the molecule is CCCCCCCc1ccc(-c2ccc(O)c(F)c2F)cc1.CCCCCc1ccc(-c2ccc(O)c(F)c2F)cc1.CCCc1ccc(-c2ccc(O)c(F)c2F)cc1.CCc1ccc(-c2ccc(O)c(F)c2F)cc1.Cc1ccc(-c2ccc(O)c(F)c2F)cc1. The monoisotopic (exact) mass is 1280 g/mol. The molecule has 10 rings (SSSR count). The van der Waals surface area contributed by atoms with Gasteiger partial charge in [0.15, 0.2) is 57.8 Å². The highest BCUT2D eigenvalue weighted by atomic mass is 19.2. The summed E-state index contributed by atoms with van der Waals surface area (Å²) in [6, 6.07) is 49.3. The van der Waals surface area contributed by atoms with Crippen LogP contribution >= 0.6 is 0 Å². The molecule has 10 aromatic carbocycles. The summed E-state index contributed by atoms with van der Waals surface area (Å²) in [4.78, 5) is 0. The lowest BCUT2D eigenvalue weighted by Gasteiger charge is -2.07. The second kappa shape index (κ2) is 35.9. The number of aryl methyl sites for hydroxylation is 5. The molecule has 0 aromatic heterocycles. The smallest absolute Gasteiger partial charge is 0.200 e. The van der Waals surface area contributed by atoms with Crippen LogP contribution in [0.15, 0.2) is 182 Å². The van der Waals surface area contributed by atoms with E-state index in [1.54, 1.807) is 60.7 Å². The van der Waals surface area contributed by atoms with Gasteiger partial charge in [-0.1, -0.05) is 200 Å². The van der Waals surface area contributed by atoms with E-state index in [9.17, 15) is 43.9 Å². The van der Waals surface area contributed by atoms with Crippen molar-refractivity contribution in [3.63, 3.8) is 0 Å². The van der Waals surface area contributed by atoms with Crippen molar-refractivity contribution in [1.82, 2.24) is 0 Å². The molecule has 0 atom stereocenters. The molecule has 0 bridgehead atoms. The highest BCUT2D eigenvalue weighted by Gasteiger charge is 2.19. The number of phenols is 5. The molecule has 0 spiro atoms. The van der Waals surface area contributed by atoms with Crippen molar-refractivity contribution >= 4 is 0 Å². The molecule has 0 unspecified atom stereocenters. The second-order valence-corrected chi connectivity index (χ2v) is 22.2. The van der Waals surface area contributed by atoms with Gasteiger partial charge in [-0.2, -0.15) is 22.0 Å². The van der Waals surface area contributed by atoms with E-state index < -0.39 is 86.9 Å². The number of unbranched alkanes of at least 4 members (excludes halogenated alkanes) is 6. The predicted molar refractivity (Wildman–Crippen MR) is 351 cm³/mol. The Morgan fingerprint density at radius 2 is 0.452 bits per heavy atom. The van der Waals surface area contributed by atoms with Crippen LogP contribution in [0.2, 0.25) is 0 Å². The normalized spacial score (nSPS) is 10.7. The number of rotatable bonds is 18. The van der Waals surface area contributed by atoms with Crippen molar-refractivity contribution in [2.75, 3.05) is 0 Å². The third kappa shape index (κ3) is 20.2. The fourth-order valence-electron chi connectivity index (χ4n) is 9.82. The molecule has 10 aromatic rings. The second-order valence-electron chi connectivity index (χ2n) is 22.2. The van der Waals surface area contributed by atoms with Gasteiger partial charge >= 0.3 is 0 Å². The van der Waals surface area contributed by atoms with Crippen LogP contribution in [0, 0.1) is 65.1 Å². The van der Waals surface area contributed by atoms with Crippen molar-refractivity contribution < 1.29 is 69.4 Å². The number of phenolic OH excluding ortho intramolecular Hbond substituents is 5. The Kier molecular flexibility index (Phi) is 28.0. The predicted octanol–water partition coefficient (Wildman–Crippen LogP) is 22.8. The van der Waals surface area contributed by atoms with Gasteiger partial charge < -0.3 is 25.5 Å². The molecule has 488 valence electrons. The molecule has 0 aliphatic rings. The van der Waals surface area contributed by atoms with Crippen molar-refractivity contribution in [2.45, 2.75) is 118 Å². The quantitative estimate of drug-likeness (QED) is 0.0435. The Hall–Kier alpha value is -9.50. The average molecular weight is 1280 g/mol. The van der Waals surface area contributed by atoms with Gasteiger partial charge in [-0.15, -0.1) is 0 Å². The zero-order chi connectivity index (χ0) is 67.7. The largest absolute Gasteiger partial charge is 0.505 e. The molecule has 0 heterocycles. The first-order chi connectivity index (χ1) is 44.6. The minimum absolute atomic E-state index is 0.148. The van der Waals surface area contributed by atoms with E-state index >= 15 is 0 Å². The molecular formula is C78H76F10O5. The Morgan fingerprint density at radius 1 is 0.226 bits per heavy atom. The van der Waals surface area contributed by atoms with Gasteiger partial charge in [0.1, 0.15) is 0 Å². The van der Waals surface area contributed by atoms with E-state index in [2.05, 4.69) is 20.8 Å². The molecule has 5 nitrogen and oxygen atoms in total. The van der Waals surface area contributed by atoms with Gasteiger partial charge in [-0.25, -0.2) is 22.0 Å². The molecule has 0 amide bonds. The minimum Gasteiger partial charge on any atom is -0.505 e. The first kappa shape index (κ1) is 72.6. The average Bonchev–Trinajstić information content (AvgIpc) is 0.982. The third-order valence-electron chi connectivity index (χ3n) is 15.3. The molecule has 5 N–H and O–H groups in total. The standard InChI is InChI=1S/C19H22F2O.C17H18F2O.C15H14F2O.C14H12F2O.C13H10F2O/c1-2-3-4-5-6-7-14-8-10-15(11-9-14)16-12-13-17(22)19(21)18(16)20;1-2-3-4-5-12-6-8-13(9-7-12)14-10-11-15(20)17(19)16(14)18;1-2-3-10-4-6-11(7-5-10)12-8-9-13(18)15(17)14(12)16;1-2-9-3-5-10(6-4-9)11-7-8-12(17)14(16)13(11)15;1-8-2-4-9(5-3-8)10-6-7-11(16)13(15)12(10)14/h8-13,22H,2-7H2,1H3;6-11,20H,2-5H2,1H3;4-9,18H,2-3H2,1H3;3-8,17H,2H2,1H3;2-7,16H,1H3. The maximum absolute atomic E-state index is 13.8. The lowest BCUT2D eigenvalue weighted by Crippen LogP contribution is -1.91. The fraction of sp³-hybridized carbons (Fsp3) is 0.231. The van der Waals surface area contributed by atoms with Gasteiger partial charge in [-0.05, 0) is 156 Å². The van der Waals surface area contributed by atoms with E-state index in [-0.39, 0.29) is 27.8 Å². The summed E-state index contributed by atoms with van der Waals surface area (Å²) in [6.07, 6.45) is 14.6. The zero-order valence-corrected chi connectivity index (χ0v) is 52.5. The summed E-state index contributed by atoms with van der Waals surface area (Å²) in [6.45, 7) is 10.4. The zero-order valence-electron chi connectivity index (χ0n) is 52.5. The fourth-order valence-corrected chi connectivity index (χ4v) is 9.82. The van der Waals surface area contributed by atoms with E-state index in [0.29, 0.717) is 27.8 Å². The number of benzene rings is 10. The molecule has 0 fully saturated rings. The Bertz CT molecular complexity index is 3990. The van der Waals surface area contributed by atoms with Crippen molar-refractivity contribution in [3.05, 3.63) is 268 Å². The molecule has 0 aliphatic carbocycles. The summed E-state index contributed by atoms with van der Waals surface area (Å²) in [7, 11) is 0. The van der Waals surface area contributed by atoms with Crippen molar-refractivity contribution in [1.29, 1.82) is 0 Å². The minimum atomic E-state index is -1.21. The lowest BCUT2D eigenvalue weighted by molar-refractivity contribution is 0.408. The summed E-state index contributed by atoms with van der Waals surface area (Å²) in [5.74, 6) is -14.4. The van der Waals surface area contributed by atoms with Crippen LogP contribution in [0.3, 0.4) is 0 Å². The number of hydrogen-bond donors (Lipinski definition) is 5. The van der Waals surface area contributed by atoms with Crippen LogP contribution in [0.25, 0.3) is 55.6 Å². The Labute approximate surface area is 537 Å². The van der Waals surface area contributed by atoms with Crippen LogP contribution in [0.5, 0.6) is 28.7 Å². The van der Waals surface area contributed by atoms with E-state index in [0.717, 1.165) is 74.3 Å². The Balaban J connectivity index is 0.000000185. The lowest BCUT2D eigenvalue weighted by atomic mass is 10.0. The van der Waals surface area contributed by atoms with Gasteiger partial charge in [-0.3, -0.25) is 0 Å². The van der Waals surface area contributed by atoms with Crippen molar-refractivity contribution in [3.8, 4) is 84.4 Å². The molecule has 93 heavy (non-hydrogen) atoms. The van der Waals surface area contributed by atoms with Crippen LogP contribution in [-0.2, 0) is 25.7 Å². The van der Waals surface area contributed by atoms with Gasteiger partial charge in [0, 0.05) is 27.8 Å². The Morgan fingerprint density at radius 3 is 0.710 bits per heavy atom. The molecule has 15 heteroatoms. The van der Waals surface area contributed by atoms with Crippen molar-refractivity contribution in [2.24, 2.45) is 0 Å². The highest BCUT2D eigenvalue weighted by Crippen LogP contribution is 2.35. The first-order valence-electron chi connectivity index (χ1n) is 30.9. The maximum Gasteiger partial charge on any atom is 0.200 e. The van der Waals surface area contributed by atoms with E-state index in [4.69, 9.17) is 25.5 Å². The number of hydrogen-bond acceptors (Lipinski definition) is 5. The molecule has 0 radical (unpaired) electrons. The molecular weight excluding hydrogens is 1210 g/mol. The van der Waals surface area contributed by atoms with Crippen LogP contribution in [-0.4, -0.2) is 25.5 Å². The summed E-state index contributed by atoms with van der Waals surface area (Å²) in [5, 5.41) is 45.4. The van der Waals surface area contributed by atoms with Crippen LogP contribution in [0.1, 0.15) is 113 Å². The van der Waals surface area contributed by atoms with Gasteiger partial charge in [0.05, 0.1) is 0 Å². The maximum atomic E-state index is 13.8.